The van der Waals surface area contributed by atoms with Crippen molar-refractivity contribution in [1.82, 2.24) is 20.6 Å². The van der Waals surface area contributed by atoms with Crippen molar-refractivity contribution in [3.8, 4) is 6.07 Å². The fraction of sp³-hybridized carbons (Fsp3) is 0.480. The van der Waals surface area contributed by atoms with E-state index in [9.17, 15) is 14.0 Å². The van der Waals surface area contributed by atoms with Crippen molar-refractivity contribution >= 4 is 29.1 Å². The summed E-state index contributed by atoms with van der Waals surface area (Å²) in [5.41, 5.74) is 1.53. The molecular formula is C25H30FN7O2. The number of aromatic nitrogens is 2. The molecule has 4 rings (SSSR count). The lowest BCUT2D eigenvalue weighted by atomic mass is 9.85. The van der Waals surface area contributed by atoms with Gasteiger partial charge in [-0.3, -0.25) is 9.59 Å². The Balaban J connectivity index is 1.37. The third kappa shape index (κ3) is 6.44. The van der Waals surface area contributed by atoms with E-state index in [-0.39, 0.29) is 35.9 Å². The quantitative estimate of drug-likeness (QED) is 0.456. The molecule has 35 heavy (non-hydrogen) atoms. The van der Waals surface area contributed by atoms with Gasteiger partial charge in [0, 0.05) is 42.9 Å². The molecule has 9 nitrogen and oxygen atoms in total. The van der Waals surface area contributed by atoms with Crippen molar-refractivity contribution in [1.29, 1.82) is 5.26 Å². The average molecular weight is 480 g/mol. The maximum atomic E-state index is 13.1. The van der Waals surface area contributed by atoms with Gasteiger partial charge in [0.2, 0.25) is 5.91 Å². The number of carbonyl (C=O) groups is 2. The van der Waals surface area contributed by atoms with E-state index in [4.69, 9.17) is 5.26 Å². The molecule has 4 N–H and O–H groups in total. The molecule has 2 saturated carbocycles. The second-order valence-electron chi connectivity index (χ2n) is 9.47. The highest BCUT2D eigenvalue weighted by Crippen LogP contribution is 2.29. The lowest BCUT2D eigenvalue weighted by molar-refractivity contribution is -0.126. The summed E-state index contributed by atoms with van der Waals surface area (Å²) in [4.78, 5) is 33.9. The molecule has 0 aliphatic heterocycles. The minimum atomic E-state index is -0.904. The lowest BCUT2D eigenvalue weighted by Gasteiger charge is -2.28. The number of pyridine rings is 2. The molecule has 2 amide bonds. The van der Waals surface area contributed by atoms with Gasteiger partial charge in [0.15, 0.2) is 0 Å². The Morgan fingerprint density at radius 1 is 1.09 bits per heavy atom. The van der Waals surface area contributed by atoms with Crippen LogP contribution in [0.25, 0.3) is 0 Å². The van der Waals surface area contributed by atoms with Gasteiger partial charge in [-0.15, -0.1) is 0 Å². The Labute approximate surface area is 203 Å². The maximum Gasteiger partial charge on any atom is 0.255 e. The van der Waals surface area contributed by atoms with Crippen LogP contribution >= 0.6 is 0 Å². The van der Waals surface area contributed by atoms with Gasteiger partial charge in [-0.2, -0.15) is 5.26 Å². The summed E-state index contributed by atoms with van der Waals surface area (Å²) in [5.74, 6) is 0.618. The zero-order valence-corrected chi connectivity index (χ0v) is 19.8. The van der Waals surface area contributed by atoms with Crippen LogP contribution < -0.4 is 21.3 Å². The van der Waals surface area contributed by atoms with Gasteiger partial charge in [0.1, 0.15) is 23.9 Å². The zero-order valence-electron chi connectivity index (χ0n) is 19.8. The highest BCUT2D eigenvalue weighted by molar-refractivity contribution is 6.00. The Kier molecular flexibility index (Phi) is 7.44. The molecule has 10 heteroatoms. The first kappa shape index (κ1) is 24.4. The van der Waals surface area contributed by atoms with E-state index < -0.39 is 6.17 Å². The van der Waals surface area contributed by atoms with Crippen molar-refractivity contribution in [2.45, 2.75) is 70.2 Å². The van der Waals surface area contributed by atoms with Crippen molar-refractivity contribution in [2.75, 3.05) is 10.6 Å². The number of nitrogens with one attached hydrogen (secondary N) is 4. The molecule has 1 unspecified atom stereocenters. The summed E-state index contributed by atoms with van der Waals surface area (Å²) in [6.07, 6.45) is 5.21. The normalized spacial score (nSPS) is 23.2. The van der Waals surface area contributed by atoms with Crippen LogP contribution in [0.4, 0.5) is 21.7 Å². The van der Waals surface area contributed by atoms with Gasteiger partial charge in [-0.1, -0.05) is 0 Å². The molecule has 2 fully saturated rings. The van der Waals surface area contributed by atoms with E-state index >= 15 is 0 Å². The fourth-order valence-electron chi connectivity index (χ4n) is 4.18. The topological polar surface area (TPSA) is 132 Å². The molecule has 2 aliphatic rings. The van der Waals surface area contributed by atoms with Gasteiger partial charge >= 0.3 is 0 Å². The number of nitriles is 1. The van der Waals surface area contributed by atoms with Crippen LogP contribution in [-0.4, -0.2) is 46.1 Å². The maximum absolute atomic E-state index is 13.1. The van der Waals surface area contributed by atoms with Crippen LogP contribution in [-0.2, 0) is 4.79 Å². The first-order valence-corrected chi connectivity index (χ1v) is 12.0. The molecule has 184 valence electrons. The first-order chi connectivity index (χ1) is 16.8. The molecule has 2 aliphatic carbocycles. The number of halogens is 1. The number of hydrogen-bond donors (Lipinski definition) is 4. The Hall–Kier alpha value is -3.74. The highest BCUT2D eigenvalue weighted by Gasteiger charge is 2.40. The Bertz CT molecular complexity index is 1110. The number of carbonyl (C=O) groups excluding carboxylic acids is 2. The summed E-state index contributed by atoms with van der Waals surface area (Å²) in [5, 5.41) is 21.1. The monoisotopic (exact) mass is 479 g/mol. The van der Waals surface area contributed by atoms with E-state index in [1.54, 1.807) is 18.2 Å². The summed E-state index contributed by atoms with van der Waals surface area (Å²) < 4.78 is 13.1. The number of anilines is 3. The Morgan fingerprint density at radius 3 is 2.40 bits per heavy atom. The minimum absolute atomic E-state index is 0.0334. The largest absolute Gasteiger partial charge is 0.382 e. The van der Waals surface area contributed by atoms with Gasteiger partial charge in [0.25, 0.3) is 5.91 Å². The molecule has 0 saturated heterocycles. The molecule has 0 radical (unpaired) electrons. The first-order valence-electron chi connectivity index (χ1n) is 12.0. The van der Waals surface area contributed by atoms with E-state index in [0.717, 1.165) is 0 Å². The van der Waals surface area contributed by atoms with E-state index in [1.807, 2.05) is 19.9 Å². The van der Waals surface area contributed by atoms with Crippen LogP contribution in [0, 0.1) is 17.2 Å². The number of alkyl halides is 1. The van der Waals surface area contributed by atoms with Gasteiger partial charge < -0.3 is 21.3 Å². The molecular weight excluding hydrogens is 449 g/mol. The predicted molar refractivity (Wildman–Crippen MR) is 130 cm³/mol. The summed E-state index contributed by atoms with van der Waals surface area (Å²) in [6.45, 7) is 3.97. The predicted octanol–water partition coefficient (Wildman–Crippen LogP) is 3.43. The van der Waals surface area contributed by atoms with Crippen molar-refractivity contribution in [3.05, 3.63) is 41.7 Å². The van der Waals surface area contributed by atoms with E-state index in [0.29, 0.717) is 60.6 Å². The van der Waals surface area contributed by atoms with E-state index in [2.05, 4.69) is 31.2 Å². The molecule has 0 aromatic carbocycles. The Morgan fingerprint density at radius 2 is 1.80 bits per heavy atom. The fourth-order valence-corrected chi connectivity index (χ4v) is 4.18. The second kappa shape index (κ2) is 10.7. The minimum Gasteiger partial charge on any atom is -0.382 e. The molecule has 0 spiro atoms. The number of nitrogens with zero attached hydrogens (tertiary/aromatic N) is 3. The molecule has 2 aromatic heterocycles. The van der Waals surface area contributed by atoms with Gasteiger partial charge in [0.05, 0.1) is 22.9 Å². The zero-order chi connectivity index (χ0) is 24.9. The molecule has 2 heterocycles. The number of rotatable bonds is 8. The molecule has 2 aromatic rings. The summed E-state index contributed by atoms with van der Waals surface area (Å²) in [6, 6.07) is 6.87. The van der Waals surface area contributed by atoms with Crippen molar-refractivity contribution in [3.63, 3.8) is 0 Å². The van der Waals surface area contributed by atoms with Crippen LogP contribution in [0.2, 0.25) is 0 Å². The standard InChI is InChI=1S/C25H30FN7O2/c1-14(2)30-20-10-23(33-22-8-3-15(11-27)12-28-22)29-13-18(20)25(35)31-17-6-4-16(5-7-17)24(34)32-21-9-19(21)26/h3,8,10,12-14,16-17,19,21H,4-7,9H2,1-2H3,(H,31,35)(H,32,34)(H2,28,29,30,33)/t16-,17-,19?,21-/m0/s1. The number of hydrogen-bond acceptors (Lipinski definition) is 7. The lowest BCUT2D eigenvalue weighted by Crippen LogP contribution is -2.41. The van der Waals surface area contributed by atoms with Gasteiger partial charge in [-0.05, 0) is 51.7 Å². The molecule has 2 atom stereocenters. The van der Waals surface area contributed by atoms with Crippen LogP contribution in [0.3, 0.4) is 0 Å². The van der Waals surface area contributed by atoms with Crippen LogP contribution in [0.15, 0.2) is 30.6 Å². The van der Waals surface area contributed by atoms with Gasteiger partial charge in [-0.25, -0.2) is 14.4 Å². The SMILES string of the molecule is CC(C)Nc1cc(Nc2ccc(C#N)cn2)ncc1C(=O)N[C@H]1CC[C@H](C(=O)N[C@H]2CC2F)CC1. The average Bonchev–Trinajstić information content (AvgIpc) is 3.53. The third-order valence-electron chi connectivity index (χ3n) is 6.21. The number of amides is 2. The van der Waals surface area contributed by atoms with Crippen molar-refractivity contribution in [2.24, 2.45) is 5.92 Å². The van der Waals surface area contributed by atoms with Crippen LogP contribution in [0.5, 0.6) is 0 Å². The second-order valence-corrected chi connectivity index (χ2v) is 9.47. The van der Waals surface area contributed by atoms with Crippen LogP contribution in [0.1, 0.15) is 61.9 Å². The summed E-state index contributed by atoms with van der Waals surface area (Å²) >= 11 is 0. The third-order valence-corrected chi connectivity index (χ3v) is 6.21. The highest BCUT2D eigenvalue weighted by atomic mass is 19.1. The van der Waals surface area contributed by atoms with Crippen molar-refractivity contribution < 1.29 is 14.0 Å². The smallest absolute Gasteiger partial charge is 0.255 e. The van der Waals surface area contributed by atoms with E-state index in [1.165, 1.54) is 12.4 Å². The summed E-state index contributed by atoms with van der Waals surface area (Å²) in [7, 11) is 0. The molecule has 0 bridgehead atoms.